The first-order chi connectivity index (χ1) is 5.79. The van der Waals surface area contributed by atoms with Gasteiger partial charge in [0.05, 0.1) is 10.8 Å². The molecule has 2 N–H and O–H groups in total. The Morgan fingerprint density at radius 1 is 0.846 bits per heavy atom. The number of nitrogens with one attached hydrogen (secondary N) is 2. The van der Waals surface area contributed by atoms with Crippen LogP contribution in [0.3, 0.4) is 0 Å². The van der Waals surface area contributed by atoms with Crippen LogP contribution in [-0.4, -0.2) is 10.2 Å². The summed E-state index contributed by atoms with van der Waals surface area (Å²) < 4.78 is 0. The minimum atomic E-state index is -0.273. The molecule has 1 aromatic carbocycles. The third-order valence-corrected chi connectivity index (χ3v) is 1.71. The molecule has 2 aromatic rings. The molecule has 0 radical (unpaired) electrons. The molecule has 4 nitrogen and oxygen atoms in total. The van der Waals surface area contributed by atoms with Crippen molar-refractivity contribution in [3.63, 3.8) is 0 Å². The Labute approximate surface area is 79.0 Å². The van der Waals surface area contributed by atoms with Crippen molar-refractivity contribution >= 4 is 23.2 Å². The van der Waals surface area contributed by atoms with E-state index in [-0.39, 0.29) is 23.5 Å². The van der Waals surface area contributed by atoms with E-state index in [2.05, 4.69) is 10.2 Å². The molecule has 13 heavy (non-hydrogen) atoms. The Bertz CT molecular complexity index is 481. The number of hydrogen-bond acceptors (Lipinski definition) is 2. The normalized spacial score (nSPS) is 9.54. The van der Waals surface area contributed by atoms with E-state index in [1.165, 1.54) is 0 Å². The van der Waals surface area contributed by atoms with E-state index >= 15 is 0 Å². The first kappa shape index (κ1) is 9.54. The fourth-order valence-corrected chi connectivity index (χ4v) is 1.13. The maximum absolute atomic E-state index is 11.1. The number of benzene rings is 1. The Morgan fingerprint density at radius 3 is 1.62 bits per heavy atom. The minimum absolute atomic E-state index is 0. The lowest BCUT2D eigenvalue weighted by Crippen LogP contribution is -2.18. The molecule has 0 saturated carbocycles. The molecule has 0 aliphatic carbocycles. The molecular formula is C8H7ClN2O2. The van der Waals surface area contributed by atoms with Crippen LogP contribution in [0.25, 0.3) is 10.8 Å². The van der Waals surface area contributed by atoms with Gasteiger partial charge in [-0.15, -0.1) is 12.4 Å². The SMILES string of the molecule is Cl.O=c1[nH][nH]c(=O)c2ccccc12. The zero-order valence-corrected chi connectivity index (χ0v) is 7.35. The topological polar surface area (TPSA) is 65.7 Å². The number of fused-ring (bicyclic) bond motifs is 1. The molecule has 1 heterocycles. The van der Waals surface area contributed by atoms with Gasteiger partial charge in [0.25, 0.3) is 11.1 Å². The van der Waals surface area contributed by atoms with Crippen LogP contribution in [0.5, 0.6) is 0 Å². The van der Waals surface area contributed by atoms with Crippen LogP contribution in [0.15, 0.2) is 33.9 Å². The van der Waals surface area contributed by atoms with E-state index in [0.29, 0.717) is 10.8 Å². The van der Waals surface area contributed by atoms with Crippen LogP contribution in [-0.2, 0) is 0 Å². The Morgan fingerprint density at radius 2 is 1.23 bits per heavy atom. The molecule has 0 spiro atoms. The average molecular weight is 199 g/mol. The average Bonchev–Trinajstić information content (AvgIpc) is 2.12. The maximum Gasteiger partial charge on any atom is 0.270 e. The molecule has 0 unspecified atom stereocenters. The predicted molar refractivity (Wildman–Crippen MR) is 52.4 cm³/mol. The molecule has 0 aliphatic rings. The van der Waals surface area contributed by atoms with Crippen LogP contribution in [0.1, 0.15) is 0 Å². The summed E-state index contributed by atoms with van der Waals surface area (Å²) in [4.78, 5) is 22.2. The number of rotatable bonds is 0. The third-order valence-electron chi connectivity index (χ3n) is 1.71. The third kappa shape index (κ3) is 1.48. The van der Waals surface area contributed by atoms with Crippen LogP contribution in [0, 0.1) is 0 Å². The number of aromatic amines is 2. The Hall–Kier alpha value is -1.55. The minimum Gasteiger partial charge on any atom is -0.267 e. The van der Waals surface area contributed by atoms with Crippen LogP contribution < -0.4 is 11.1 Å². The van der Waals surface area contributed by atoms with Crippen molar-refractivity contribution in [3.05, 3.63) is 45.0 Å². The highest BCUT2D eigenvalue weighted by Crippen LogP contribution is 2.00. The van der Waals surface area contributed by atoms with E-state index in [1.807, 2.05) is 0 Å². The maximum atomic E-state index is 11.1. The van der Waals surface area contributed by atoms with E-state index in [1.54, 1.807) is 24.3 Å². The highest BCUT2D eigenvalue weighted by atomic mass is 35.5. The summed E-state index contributed by atoms with van der Waals surface area (Å²) in [5, 5.41) is 5.33. The van der Waals surface area contributed by atoms with Gasteiger partial charge < -0.3 is 0 Å². The van der Waals surface area contributed by atoms with Gasteiger partial charge >= 0.3 is 0 Å². The van der Waals surface area contributed by atoms with Crippen molar-refractivity contribution in [1.29, 1.82) is 0 Å². The van der Waals surface area contributed by atoms with Crippen molar-refractivity contribution in [2.45, 2.75) is 0 Å². The van der Waals surface area contributed by atoms with E-state index < -0.39 is 0 Å². The molecule has 0 bridgehead atoms. The van der Waals surface area contributed by atoms with Gasteiger partial charge in [-0.1, -0.05) is 12.1 Å². The Balaban J connectivity index is 0.000000845. The molecule has 0 fully saturated rings. The second kappa shape index (κ2) is 3.45. The number of aromatic nitrogens is 2. The summed E-state index contributed by atoms with van der Waals surface area (Å²) in [6, 6.07) is 6.67. The summed E-state index contributed by atoms with van der Waals surface area (Å²) in [7, 11) is 0. The van der Waals surface area contributed by atoms with Gasteiger partial charge in [-0.05, 0) is 12.1 Å². The number of hydrogen-bond donors (Lipinski definition) is 2. The van der Waals surface area contributed by atoms with Crippen molar-refractivity contribution in [2.75, 3.05) is 0 Å². The van der Waals surface area contributed by atoms with E-state index in [4.69, 9.17) is 0 Å². The van der Waals surface area contributed by atoms with E-state index in [9.17, 15) is 9.59 Å². The predicted octanol–water partition coefficient (Wildman–Crippen LogP) is 0.638. The summed E-state index contributed by atoms with van der Waals surface area (Å²) in [5.41, 5.74) is -0.546. The molecule has 68 valence electrons. The lowest BCUT2D eigenvalue weighted by atomic mass is 10.2. The fourth-order valence-electron chi connectivity index (χ4n) is 1.13. The van der Waals surface area contributed by atoms with E-state index in [0.717, 1.165) is 0 Å². The van der Waals surface area contributed by atoms with Crippen molar-refractivity contribution in [1.82, 2.24) is 10.2 Å². The highest BCUT2D eigenvalue weighted by molar-refractivity contribution is 5.85. The van der Waals surface area contributed by atoms with Gasteiger partial charge in [-0.3, -0.25) is 19.8 Å². The second-order valence-corrected chi connectivity index (χ2v) is 2.45. The van der Waals surface area contributed by atoms with Crippen molar-refractivity contribution in [2.24, 2.45) is 0 Å². The first-order valence-corrected chi connectivity index (χ1v) is 3.49. The number of H-pyrrole nitrogens is 2. The molecule has 2 rings (SSSR count). The molecule has 0 saturated heterocycles. The van der Waals surface area contributed by atoms with Crippen molar-refractivity contribution in [3.8, 4) is 0 Å². The van der Waals surface area contributed by atoms with Gasteiger partial charge in [0.2, 0.25) is 0 Å². The van der Waals surface area contributed by atoms with Gasteiger partial charge in [0.1, 0.15) is 0 Å². The summed E-state index contributed by atoms with van der Waals surface area (Å²) in [5.74, 6) is 0. The summed E-state index contributed by atoms with van der Waals surface area (Å²) >= 11 is 0. The molecule has 0 aliphatic heterocycles. The summed E-state index contributed by atoms with van der Waals surface area (Å²) in [6.07, 6.45) is 0. The smallest absolute Gasteiger partial charge is 0.267 e. The summed E-state index contributed by atoms with van der Waals surface area (Å²) in [6.45, 7) is 0. The van der Waals surface area contributed by atoms with Crippen LogP contribution in [0.2, 0.25) is 0 Å². The molecule has 0 amide bonds. The quantitative estimate of drug-likeness (QED) is 0.653. The van der Waals surface area contributed by atoms with Gasteiger partial charge in [-0.2, -0.15) is 0 Å². The van der Waals surface area contributed by atoms with Crippen LogP contribution >= 0.6 is 12.4 Å². The van der Waals surface area contributed by atoms with Crippen molar-refractivity contribution < 1.29 is 0 Å². The van der Waals surface area contributed by atoms with Gasteiger partial charge in [0, 0.05) is 0 Å². The van der Waals surface area contributed by atoms with Crippen LogP contribution in [0.4, 0.5) is 0 Å². The largest absolute Gasteiger partial charge is 0.270 e. The molecule has 5 heteroatoms. The van der Waals surface area contributed by atoms with Gasteiger partial charge in [0.15, 0.2) is 0 Å². The zero-order chi connectivity index (χ0) is 8.55. The standard InChI is InChI=1S/C8H6N2O2.ClH/c11-7-5-3-1-2-4-6(5)8(12)10-9-7;/h1-4H,(H,9,11)(H,10,12);1H. The zero-order valence-electron chi connectivity index (χ0n) is 6.53. The molecule has 1 aromatic heterocycles. The van der Waals surface area contributed by atoms with Gasteiger partial charge in [-0.25, -0.2) is 0 Å². The monoisotopic (exact) mass is 198 g/mol. The molecular weight excluding hydrogens is 192 g/mol. The number of halogens is 1. The molecule has 0 atom stereocenters. The second-order valence-electron chi connectivity index (χ2n) is 2.45. The Kier molecular flexibility index (Phi) is 2.53. The lowest BCUT2D eigenvalue weighted by Gasteiger charge is -1.92. The fraction of sp³-hybridized carbons (Fsp3) is 0. The lowest BCUT2D eigenvalue weighted by molar-refractivity contribution is 0.976. The highest BCUT2D eigenvalue weighted by Gasteiger charge is 1.98. The first-order valence-electron chi connectivity index (χ1n) is 3.49.